The van der Waals surface area contributed by atoms with Crippen LogP contribution in [0.1, 0.15) is 17.3 Å². The number of nitro groups is 1. The minimum atomic E-state index is -1.10. The number of halogens is 2. The van der Waals surface area contributed by atoms with Crippen LogP contribution in [0.2, 0.25) is 5.02 Å². The highest BCUT2D eigenvalue weighted by Crippen LogP contribution is 2.28. The van der Waals surface area contributed by atoms with Crippen LogP contribution in [-0.4, -0.2) is 27.9 Å². The lowest BCUT2D eigenvalue weighted by Crippen LogP contribution is -2.30. The maximum atomic E-state index is 12.4. The summed E-state index contributed by atoms with van der Waals surface area (Å²) in [4.78, 5) is 39.3. The molecule has 0 aliphatic heterocycles. The molecule has 0 spiro atoms. The topological polar surface area (TPSA) is 111 Å². The van der Waals surface area contributed by atoms with E-state index in [9.17, 15) is 19.7 Å². The van der Waals surface area contributed by atoms with Crippen molar-refractivity contribution in [3.05, 3.63) is 73.0 Å². The van der Waals surface area contributed by atoms with Gasteiger partial charge in [0.1, 0.15) is 0 Å². The second kappa shape index (κ2) is 9.33. The number of nitrogens with zero attached hydrogens (tertiary/aromatic N) is 2. The largest absolute Gasteiger partial charge is 0.449 e. The van der Waals surface area contributed by atoms with Crippen LogP contribution >= 0.6 is 38.9 Å². The number of carbonyl (C=O) groups is 2. The summed E-state index contributed by atoms with van der Waals surface area (Å²) in [5.41, 5.74) is 1.10. The van der Waals surface area contributed by atoms with Gasteiger partial charge in [-0.15, -0.1) is 11.3 Å². The number of hydrogen-bond donors (Lipinski definition) is 1. The van der Waals surface area contributed by atoms with E-state index in [1.165, 1.54) is 31.2 Å². The van der Waals surface area contributed by atoms with E-state index in [1.807, 2.05) is 0 Å². The summed E-state index contributed by atoms with van der Waals surface area (Å²) in [5.74, 6) is -1.31. The fraction of sp³-hybridized carbons (Fsp3) is 0.105. The van der Waals surface area contributed by atoms with E-state index in [0.717, 1.165) is 11.3 Å². The molecule has 0 fully saturated rings. The molecule has 11 heteroatoms. The van der Waals surface area contributed by atoms with E-state index in [-0.39, 0.29) is 21.4 Å². The Morgan fingerprint density at radius 1 is 1.30 bits per heavy atom. The molecule has 1 aromatic heterocycles. The number of hydrogen-bond acceptors (Lipinski definition) is 7. The second-order valence-corrected chi connectivity index (χ2v) is 8.19. The number of benzene rings is 2. The number of aromatic nitrogens is 1. The normalized spacial score (nSPS) is 11.6. The van der Waals surface area contributed by atoms with Crippen LogP contribution in [0, 0.1) is 10.1 Å². The van der Waals surface area contributed by atoms with Crippen molar-refractivity contribution >= 4 is 61.6 Å². The summed E-state index contributed by atoms with van der Waals surface area (Å²) in [5, 5.41) is 15.6. The first-order chi connectivity index (χ1) is 14.2. The highest BCUT2D eigenvalue weighted by Gasteiger charge is 2.22. The molecule has 0 radical (unpaired) electrons. The maximum Gasteiger partial charge on any atom is 0.340 e. The fourth-order valence-corrected chi connectivity index (χ4v) is 3.66. The molecule has 1 atom stereocenters. The van der Waals surface area contributed by atoms with E-state index in [2.05, 4.69) is 26.2 Å². The summed E-state index contributed by atoms with van der Waals surface area (Å²) in [7, 11) is 0. The van der Waals surface area contributed by atoms with Crippen LogP contribution < -0.4 is 5.32 Å². The van der Waals surface area contributed by atoms with E-state index >= 15 is 0 Å². The Labute approximate surface area is 188 Å². The Hall–Kier alpha value is -2.82. The molecule has 154 valence electrons. The molecule has 0 bridgehead atoms. The van der Waals surface area contributed by atoms with Gasteiger partial charge in [0.15, 0.2) is 11.2 Å². The summed E-state index contributed by atoms with van der Waals surface area (Å²) in [6, 6.07) is 10.7. The number of nitrogens with one attached hydrogen (secondary N) is 1. The Morgan fingerprint density at radius 2 is 2.07 bits per heavy atom. The van der Waals surface area contributed by atoms with Gasteiger partial charge in [0, 0.05) is 27.5 Å². The molecule has 0 aliphatic carbocycles. The molecular weight excluding hydrogens is 498 g/mol. The molecule has 1 N–H and O–H groups in total. The van der Waals surface area contributed by atoms with Gasteiger partial charge in [-0.3, -0.25) is 20.2 Å². The lowest BCUT2D eigenvalue weighted by atomic mass is 10.1. The maximum absolute atomic E-state index is 12.4. The number of non-ortho nitro benzene ring substituents is 1. The predicted octanol–water partition coefficient (Wildman–Crippen LogP) is 5.32. The number of rotatable bonds is 6. The minimum Gasteiger partial charge on any atom is -0.449 e. The second-order valence-electron chi connectivity index (χ2n) is 6.01. The van der Waals surface area contributed by atoms with Crippen LogP contribution in [0.4, 0.5) is 10.8 Å². The molecular formula is C19H13BrClN3O5S. The predicted molar refractivity (Wildman–Crippen MR) is 117 cm³/mol. The number of thiazole rings is 1. The molecule has 0 unspecified atom stereocenters. The van der Waals surface area contributed by atoms with Crippen molar-refractivity contribution in [2.75, 3.05) is 5.32 Å². The zero-order valence-electron chi connectivity index (χ0n) is 15.3. The Bertz CT molecular complexity index is 1140. The number of nitro benzene ring substituents is 1. The van der Waals surface area contributed by atoms with Crippen molar-refractivity contribution in [2.24, 2.45) is 0 Å². The third-order valence-corrected chi connectivity index (χ3v) is 5.47. The Balaban J connectivity index is 1.66. The first-order valence-corrected chi connectivity index (χ1v) is 10.5. The monoisotopic (exact) mass is 509 g/mol. The molecule has 3 rings (SSSR count). The standard InChI is InChI=1S/C19H13BrClN3O5S/c1-10(29-18(26)14-8-12(20)5-6-15(14)21)17(25)23-19-22-16(9-30-19)11-3-2-4-13(7-11)24(27)28/h2-10H,1H3,(H,22,23,25)/t10-/m0/s1. The van der Waals surface area contributed by atoms with Gasteiger partial charge in [-0.2, -0.15) is 0 Å². The quantitative estimate of drug-likeness (QED) is 0.273. The van der Waals surface area contributed by atoms with Gasteiger partial charge >= 0.3 is 5.97 Å². The average Bonchev–Trinajstić information content (AvgIpc) is 3.18. The summed E-state index contributed by atoms with van der Waals surface area (Å²) < 4.78 is 5.83. The highest BCUT2D eigenvalue weighted by atomic mass is 79.9. The van der Waals surface area contributed by atoms with Crippen molar-refractivity contribution in [3.63, 3.8) is 0 Å². The van der Waals surface area contributed by atoms with Gasteiger partial charge in [0.25, 0.3) is 11.6 Å². The van der Waals surface area contributed by atoms with Crippen molar-refractivity contribution in [1.82, 2.24) is 4.98 Å². The molecule has 0 saturated heterocycles. The molecule has 0 aliphatic rings. The van der Waals surface area contributed by atoms with Crippen LogP contribution in [-0.2, 0) is 9.53 Å². The van der Waals surface area contributed by atoms with Gasteiger partial charge in [0.05, 0.1) is 21.2 Å². The summed E-state index contributed by atoms with van der Waals surface area (Å²) in [6.45, 7) is 1.42. The van der Waals surface area contributed by atoms with E-state index in [0.29, 0.717) is 15.7 Å². The number of anilines is 1. The fourth-order valence-electron chi connectivity index (χ4n) is 2.38. The van der Waals surface area contributed by atoms with Gasteiger partial charge in [0.2, 0.25) is 0 Å². The van der Waals surface area contributed by atoms with E-state index in [4.69, 9.17) is 16.3 Å². The lowest BCUT2D eigenvalue weighted by molar-refractivity contribution is -0.384. The van der Waals surface area contributed by atoms with Crippen LogP contribution in [0.5, 0.6) is 0 Å². The highest BCUT2D eigenvalue weighted by molar-refractivity contribution is 9.10. The molecule has 1 heterocycles. The van der Waals surface area contributed by atoms with E-state index in [1.54, 1.807) is 23.6 Å². The smallest absolute Gasteiger partial charge is 0.340 e. The first kappa shape index (κ1) is 21.9. The van der Waals surface area contributed by atoms with Crippen molar-refractivity contribution in [3.8, 4) is 11.3 Å². The third-order valence-electron chi connectivity index (χ3n) is 3.89. The SMILES string of the molecule is C[C@H](OC(=O)c1cc(Br)ccc1Cl)C(=O)Nc1nc(-c2cccc([N+](=O)[O-])c2)cs1. The van der Waals surface area contributed by atoms with Crippen molar-refractivity contribution in [2.45, 2.75) is 13.0 Å². The minimum absolute atomic E-state index is 0.0576. The molecule has 2 aromatic carbocycles. The van der Waals surface area contributed by atoms with Gasteiger partial charge in [-0.05, 0) is 25.1 Å². The summed E-state index contributed by atoms with van der Waals surface area (Å²) in [6.07, 6.45) is -1.10. The third kappa shape index (κ3) is 5.21. The Morgan fingerprint density at radius 3 is 2.80 bits per heavy atom. The van der Waals surface area contributed by atoms with Crippen LogP contribution in [0.3, 0.4) is 0 Å². The number of esters is 1. The van der Waals surface area contributed by atoms with E-state index < -0.39 is 22.9 Å². The lowest BCUT2D eigenvalue weighted by Gasteiger charge is -2.13. The van der Waals surface area contributed by atoms with Crippen LogP contribution in [0.15, 0.2) is 52.3 Å². The van der Waals surface area contributed by atoms with Gasteiger partial charge < -0.3 is 4.74 Å². The molecule has 1 amide bonds. The number of carbonyl (C=O) groups excluding carboxylic acids is 2. The van der Waals surface area contributed by atoms with Crippen molar-refractivity contribution in [1.29, 1.82) is 0 Å². The average molecular weight is 511 g/mol. The summed E-state index contributed by atoms with van der Waals surface area (Å²) >= 11 is 10.4. The van der Waals surface area contributed by atoms with Gasteiger partial charge in [-0.25, -0.2) is 9.78 Å². The first-order valence-electron chi connectivity index (χ1n) is 8.42. The van der Waals surface area contributed by atoms with Crippen LogP contribution in [0.25, 0.3) is 11.3 Å². The number of amides is 1. The van der Waals surface area contributed by atoms with Gasteiger partial charge in [-0.1, -0.05) is 39.7 Å². The zero-order valence-corrected chi connectivity index (χ0v) is 18.5. The Kier molecular flexibility index (Phi) is 6.80. The molecule has 0 saturated carbocycles. The number of ether oxygens (including phenoxy) is 1. The van der Waals surface area contributed by atoms with Crippen molar-refractivity contribution < 1.29 is 19.2 Å². The molecule has 3 aromatic rings. The molecule has 8 nitrogen and oxygen atoms in total. The zero-order chi connectivity index (χ0) is 21.8. The molecule has 30 heavy (non-hydrogen) atoms.